The summed E-state index contributed by atoms with van der Waals surface area (Å²) in [7, 11) is -3.60. The molecule has 3 atom stereocenters. The van der Waals surface area contributed by atoms with E-state index in [1.54, 1.807) is 49.4 Å². The topological polar surface area (TPSA) is 217 Å². The van der Waals surface area contributed by atoms with E-state index in [-0.39, 0.29) is 65.7 Å². The highest BCUT2D eigenvalue weighted by molar-refractivity contribution is 7.92. The monoisotopic (exact) mass is 1070 g/mol. The number of hydrogen-bond donors (Lipinski definition) is 5. The second-order valence-corrected chi connectivity index (χ2v) is 24.4. The first-order valence-corrected chi connectivity index (χ1v) is 27.9. The molecular weight excluding hydrogens is 1000 g/mol. The minimum atomic E-state index is -3.60. The van der Waals surface area contributed by atoms with Gasteiger partial charge in [-0.1, -0.05) is 68.8 Å². The number of thiazole rings is 1. The Labute approximate surface area is 444 Å². The molecule has 0 bridgehead atoms. The maximum Gasteiger partial charge on any atom is 0.246 e. The zero-order valence-corrected chi connectivity index (χ0v) is 46.1. The van der Waals surface area contributed by atoms with Crippen molar-refractivity contribution in [1.82, 2.24) is 35.4 Å². The maximum absolute atomic E-state index is 14.1. The summed E-state index contributed by atoms with van der Waals surface area (Å²) in [6.07, 6.45) is 2.36. The summed E-state index contributed by atoms with van der Waals surface area (Å²) in [5.74, 6) is 0.163. The number of aliphatic hydroxyl groups excluding tert-OH is 1. The number of aryl methyl sites for hydroxylation is 2. The Hall–Kier alpha value is -5.70. The van der Waals surface area contributed by atoms with E-state index in [1.165, 1.54) is 16.7 Å². The average Bonchev–Trinajstić information content (AvgIpc) is 3.98. The molecule has 398 valence electrons. The van der Waals surface area contributed by atoms with Gasteiger partial charge in [0.1, 0.15) is 29.5 Å². The smallest absolute Gasteiger partial charge is 0.246 e. The van der Waals surface area contributed by atoms with E-state index in [0.717, 1.165) is 53.2 Å². The van der Waals surface area contributed by atoms with E-state index in [1.807, 2.05) is 77.4 Å². The van der Waals surface area contributed by atoms with Gasteiger partial charge in [-0.2, -0.15) is 4.98 Å². The fourth-order valence-electron chi connectivity index (χ4n) is 9.24. The van der Waals surface area contributed by atoms with E-state index in [2.05, 4.69) is 54.1 Å². The molecule has 4 heterocycles. The fourth-order valence-corrected chi connectivity index (χ4v) is 11.4. The Bertz CT molecular complexity index is 2880. The van der Waals surface area contributed by atoms with Gasteiger partial charge in [-0.05, 0) is 125 Å². The Morgan fingerprint density at radius 1 is 0.959 bits per heavy atom. The molecule has 2 aliphatic heterocycles. The second kappa shape index (κ2) is 24.3. The van der Waals surface area contributed by atoms with Crippen molar-refractivity contribution in [3.8, 4) is 16.2 Å². The minimum Gasteiger partial charge on any atom is -0.489 e. The lowest BCUT2D eigenvalue weighted by atomic mass is 9.85. The predicted molar refractivity (Wildman–Crippen MR) is 290 cm³/mol. The predicted octanol–water partition coefficient (Wildman–Crippen LogP) is 8.33. The van der Waals surface area contributed by atoms with Crippen molar-refractivity contribution >= 4 is 73.6 Å². The number of piperidine rings is 1. The Balaban J connectivity index is 0.895. The Morgan fingerprint density at radius 2 is 1.68 bits per heavy atom. The number of aromatic nitrogens is 3. The van der Waals surface area contributed by atoms with Crippen LogP contribution in [0.15, 0.2) is 77.3 Å². The highest BCUT2D eigenvalue weighted by Gasteiger charge is 2.44. The van der Waals surface area contributed by atoms with Gasteiger partial charge in [0.25, 0.3) is 0 Å². The number of likely N-dealkylation sites (tertiary alicyclic amines) is 2. The number of para-hydroxylation sites is 1. The first kappa shape index (κ1) is 56.0. The molecular formula is C54H70ClN9O8S2. The Kier molecular flexibility index (Phi) is 18.4. The molecule has 2 aromatic heterocycles. The summed E-state index contributed by atoms with van der Waals surface area (Å²) >= 11 is 8.10. The summed E-state index contributed by atoms with van der Waals surface area (Å²) in [6, 6.07) is 16.8. The molecule has 2 saturated heterocycles. The van der Waals surface area contributed by atoms with Gasteiger partial charge in [0.2, 0.25) is 23.7 Å². The van der Waals surface area contributed by atoms with Crippen LogP contribution in [0, 0.1) is 19.3 Å². The zero-order chi connectivity index (χ0) is 53.5. The van der Waals surface area contributed by atoms with Crippen LogP contribution in [-0.2, 0) is 35.5 Å². The Morgan fingerprint density at radius 3 is 2.34 bits per heavy atom. The quantitative estimate of drug-likeness (QED) is 0.0463. The van der Waals surface area contributed by atoms with Gasteiger partial charge < -0.3 is 45.6 Å². The van der Waals surface area contributed by atoms with Crippen LogP contribution in [0.1, 0.15) is 96.0 Å². The summed E-state index contributed by atoms with van der Waals surface area (Å²) in [4.78, 5) is 59.3. The number of halogens is 1. The third-order valence-corrected chi connectivity index (χ3v) is 16.8. The van der Waals surface area contributed by atoms with Crippen molar-refractivity contribution in [2.75, 3.05) is 50.0 Å². The number of nitrogens with one attached hydrogen (secondary N) is 4. The summed E-state index contributed by atoms with van der Waals surface area (Å²) in [6.45, 7) is 19.4. The molecule has 0 radical (unpaired) electrons. The van der Waals surface area contributed by atoms with Crippen molar-refractivity contribution < 1.29 is 37.4 Å². The molecule has 5 N–H and O–H groups in total. The number of nitrogens with zero attached hydrogens (tertiary/aromatic N) is 5. The zero-order valence-electron chi connectivity index (χ0n) is 43.7. The number of ether oxygens (including phenoxy) is 2. The number of rotatable bonds is 20. The molecule has 0 saturated carbocycles. The number of benzene rings is 3. The standard InChI is InChI=1S/C54H70ClN9O8S2/c1-32(2)72-45-26-40(34(5)24-43(45)60-53-57-28-41(55)50(62-53)59-42-12-10-11-13-46(42)74(69,70)33(3)4)37-18-20-63(21-19-37)22-23-71-30-47(66)61-49(54(7,8)9)52(68)64-29-39(65)25-44(64)51(67)56-27-36-14-16-38(17-15-36)48-35(6)58-31-73-48/h10-17,24,26,28,31-33,37,39,44,49,65H,18-23,25,27,29-30H2,1-9H3,(H,56,67)(H,61,66)(H2,57,59,60,62)/t39-,44+,49-/m1/s1. The highest BCUT2D eigenvalue weighted by Crippen LogP contribution is 2.39. The van der Waals surface area contributed by atoms with Gasteiger partial charge in [0, 0.05) is 26.1 Å². The number of anilines is 4. The molecule has 0 aliphatic carbocycles. The van der Waals surface area contributed by atoms with Crippen LogP contribution in [0.25, 0.3) is 10.4 Å². The van der Waals surface area contributed by atoms with Crippen LogP contribution < -0.4 is 26.0 Å². The largest absolute Gasteiger partial charge is 0.489 e. The van der Waals surface area contributed by atoms with E-state index in [0.29, 0.717) is 30.3 Å². The third kappa shape index (κ3) is 14.0. The normalized spacial score (nSPS) is 17.1. The van der Waals surface area contributed by atoms with Crippen LogP contribution in [0.3, 0.4) is 0 Å². The molecule has 3 aromatic carbocycles. The van der Waals surface area contributed by atoms with Gasteiger partial charge in [-0.25, -0.2) is 18.4 Å². The molecule has 2 fully saturated rings. The summed E-state index contributed by atoms with van der Waals surface area (Å²) < 4.78 is 38.5. The second-order valence-electron chi connectivity index (χ2n) is 20.7. The average molecular weight is 1070 g/mol. The molecule has 74 heavy (non-hydrogen) atoms. The lowest BCUT2D eigenvalue weighted by Crippen LogP contribution is -2.58. The van der Waals surface area contributed by atoms with Crippen LogP contribution in [0.4, 0.5) is 23.1 Å². The molecule has 0 unspecified atom stereocenters. The highest BCUT2D eigenvalue weighted by atomic mass is 35.5. The number of aliphatic hydroxyl groups is 1. The minimum absolute atomic E-state index is 0.0158. The van der Waals surface area contributed by atoms with E-state index in [9.17, 15) is 27.9 Å². The lowest BCUT2D eigenvalue weighted by Gasteiger charge is -2.35. The third-order valence-electron chi connectivity index (χ3n) is 13.3. The van der Waals surface area contributed by atoms with Gasteiger partial charge >= 0.3 is 0 Å². The number of hydrogen-bond acceptors (Lipinski definition) is 15. The number of carbonyl (C=O) groups is 3. The van der Waals surface area contributed by atoms with Crippen molar-refractivity contribution in [2.24, 2.45) is 5.41 Å². The summed E-state index contributed by atoms with van der Waals surface area (Å²) in [5.41, 5.74) is 7.30. The molecule has 7 rings (SSSR count). The maximum atomic E-state index is 14.1. The van der Waals surface area contributed by atoms with Gasteiger partial charge in [0.15, 0.2) is 15.7 Å². The number of sulfone groups is 1. The fraction of sp³-hybridized carbons (Fsp3) is 0.481. The number of β-amino-alcohol motifs (C(OH)–C–C–N with tert-alkyl or cyclic N) is 1. The first-order valence-electron chi connectivity index (χ1n) is 25.1. The number of amides is 3. The van der Waals surface area contributed by atoms with E-state index >= 15 is 0 Å². The summed E-state index contributed by atoms with van der Waals surface area (Å²) in [5, 5.41) is 22.5. The number of carbonyl (C=O) groups excluding carboxylic acids is 3. The van der Waals surface area contributed by atoms with Crippen molar-refractivity contribution in [3.63, 3.8) is 0 Å². The van der Waals surface area contributed by atoms with Crippen LogP contribution in [0.5, 0.6) is 5.75 Å². The molecule has 17 nitrogen and oxygen atoms in total. The molecule has 3 amide bonds. The SMILES string of the molecule is Cc1cc(Nc2ncc(Cl)c(Nc3ccccc3S(=O)(=O)C(C)C)n2)c(OC(C)C)cc1C1CCN(CCOCC(=O)N[C@H](C(=O)N2C[C@H](O)C[C@H]2C(=O)NCc2ccc(-c3scnc3C)cc2)C(C)(C)C)CC1. The van der Waals surface area contributed by atoms with Crippen LogP contribution >= 0.6 is 22.9 Å². The van der Waals surface area contributed by atoms with E-state index < -0.39 is 50.5 Å². The van der Waals surface area contributed by atoms with Crippen LogP contribution in [0.2, 0.25) is 5.02 Å². The van der Waals surface area contributed by atoms with Gasteiger partial charge in [-0.3, -0.25) is 14.4 Å². The molecule has 2 aliphatic rings. The van der Waals surface area contributed by atoms with Gasteiger partial charge in [0.05, 0.1) is 62.6 Å². The molecule has 0 spiro atoms. The van der Waals surface area contributed by atoms with E-state index in [4.69, 9.17) is 21.1 Å². The van der Waals surface area contributed by atoms with Gasteiger partial charge in [-0.15, -0.1) is 11.3 Å². The first-order chi connectivity index (χ1) is 35.1. The molecule has 20 heteroatoms. The van der Waals surface area contributed by atoms with Crippen molar-refractivity contribution in [3.05, 3.63) is 99.8 Å². The van der Waals surface area contributed by atoms with Crippen molar-refractivity contribution in [1.29, 1.82) is 0 Å². The molecule has 5 aromatic rings. The van der Waals surface area contributed by atoms with Crippen molar-refractivity contribution in [2.45, 2.75) is 128 Å². The lowest BCUT2D eigenvalue weighted by molar-refractivity contribution is -0.144. The van der Waals surface area contributed by atoms with Crippen LogP contribution in [-0.4, -0.2) is 125 Å².